The van der Waals surface area contributed by atoms with Crippen molar-refractivity contribution < 1.29 is 25.8 Å². The van der Waals surface area contributed by atoms with Gasteiger partial charge >= 0.3 is 6.03 Å². The van der Waals surface area contributed by atoms with Crippen molar-refractivity contribution in [1.29, 1.82) is 0 Å². The zero-order chi connectivity index (χ0) is 19.0. The third kappa shape index (κ3) is 4.39. The molecule has 0 saturated heterocycles. The summed E-state index contributed by atoms with van der Waals surface area (Å²) in [6.07, 6.45) is -0.247. The zero-order valence-corrected chi connectivity index (χ0v) is 15.9. The van der Waals surface area contributed by atoms with Crippen LogP contribution < -0.4 is 10.6 Å². The number of carbonyl (C=O) groups excluding carboxylic acids is 1. The van der Waals surface area contributed by atoms with Gasteiger partial charge in [0, 0.05) is 5.70 Å². The highest BCUT2D eigenvalue weighted by molar-refractivity contribution is 7.95. The minimum atomic E-state index is -3.97. The van der Waals surface area contributed by atoms with Gasteiger partial charge in [-0.2, -0.15) is 8.42 Å². The predicted octanol–water partition coefficient (Wildman–Crippen LogP) is 1.05. The average molecular weight is 388 g/mol. The molecule has 2 unspecified atom stereocenters. The molecule has 8 nitrogen and oxygen atoms in total. The minimum absolute atomic E-state index is 0.0435. The van der Waals surface area contributed by atoms with Gasteiger partial charge in [0.1, 0.15) is 0 Å². The second-order valence-electron chi connectivity index (χ2n) is 5.89. The van der Waals surface area contributed by atoms with Gasteiger partial charge in [-0.1, -0.05) is 17.7 Å². The van der Waals surface area contributed by atoms with E-state index in [4.69, 9.17) is 4.18 Å². The molecule has 0 aliphatic carbocycles. The fraction of sp³-hybridized carbons (Fsp3) is 0.400. The number of allylic oxidation sites excluding steroid dienone is 1. The van der Waals surface area contributed by atoms with E-state index in [0.717, 1.165) is 11.8 Å². The Bertz CT molecular complexity index is 917. The van der Waals surface area contributed by atoms with Gasteiger partial charge in [-0.05, 0) is 32.9 Å². The average Bonchev–Trinajstić information content (AvgIpc) is 2.44. The van der Waals surface area contributed by atoms with Crippen LogP contribution in [0.3, 0.4) is 0 Å². The lowest BCUT2D eigenvalue weighted by Gasteiger charge is -2.31. The number of sulfone groups is 1. The maximum atomic E-state index is 13.0. The summed E-state index contributed by atoms with van der Waals surface area (Å²) in [5.41, 5.74) is 1.02. The SMILES string of the molecule is CC1=C(S(=O)(=O)c2ccc(C)cc2)C(C(C)OS(C)(=O)=O)NC(=O)N1. The molecular weight excluding hydrogens is 368 g/mol. The molecule has 0 aromatic heterocycles. The molecule has 2 amide bonds. The Balaban J connectivity index is 2.54. The van der Waals surface area contributed by atoms with Crippen LogP contribution in [-0.4, -0.2) is 41.3 Å². The van der Waals surface area contributed by atoms with Crippen molar-refractivity contribution in [3.05, 3.63) is 40.4 Å². The first-order chi connectivity index (χ1) is 11.4. The monoisotopic (exact) mass is 388 g/mol. The molecule has 1 heterocycles. The first-order valence-corrected chi connectivity index (χ1v) is 10.7. The van der Waals surface area contributed by atoms with Gasteiger partial charge in [0.25, 0.3) is 10.1 Å². The topological polar surface area (TPSA) is 119 Å². The Hall–Kier alpha value is -1.91. The summed E-state index contributed by atoms with van der Waals surface area (Å²) in [5.74, 6) is 0. The Kier molecular flexibility index (Phi) is 5.26. The van der Waals surface area contributed by atoms with Crippen LogP contribution in [0.4, 0.5) is 4.79 Å². The molecule has 1 aliphatic heterocycles. The number of hydrogen-bond donors (Lipinski definition) is 2. The molecule has 0 radical (unpaired) electrons. The summed E-state index contributed by atoms with van der Waals surface area (Å²) in [5, 5.41) is 4.84. The molecule has 1 aliphatic rings. The maximum absolute atomic E-state index is 13.0. The van der Waals surface area contributed by atoms with E-state index < -0.39 is 38.1 Å². The molecule has 0 bridgehead atoms. The van der Waals surface area contributed by atoms with Crippen molar-refractivity contribution >= 4 is 26.0 Å². The van der Waals surface area contributed by atoms with Gasteiger partial charge in [-0.25, -0.2) is 13.2 Å². The van der Waals surface area contributed by atoms with E-state index in [0.29, 0.717) is 0 Å². The largest absolute Gasteiger partial charge is 0.328 e. The molecule has 2 rings (SSSR count). The lowest BCUT2D eigenvalue weighted by molar-refractivity contribution is 0.187. The van der Waals surface area contributed by atoms with Crippen molar-refractivity contribution in [3.8, 4) is 0 Å². The number of hydrogen-bond acceptors (Lipinski definition) is 6. The minimum Gasteiger partial charge on any atom is -0.328 e. The highest BCUT2D eigenvalue weighted by Crippen LogP contribution is 2.28. The number of amides is 2. The summed E-state index contributed by atoms with van der Waals surface area (Å²) in [6, 6.07) is 4.46. The Labute approximate surface area is 147 Å². The van der Waals surface area contributed by atoms with Crippen LogP contribution in [0.15, 0.2) is 39.8 Å². The van der Waals surface area contributed by atoms with Gasteiger partial charge in [-0.3, -0.25) is 4.18 Å². The van der Waals surface area contributed by atoms with Crippen LogP contribution in [0.5, 0.6) is 0 Å². The molecule has 0 saturated carbocycles. The smallest absolute Gasteiger partial charge is 0.319 e. The maximum Gasteiger partial charge on any atom is 0.319 e. The highest BCUT2D eigenvalue weighted by Gasteiger charge is 2.39. The fourth-order valence-corrected chi connectivity index (χ4v) is 5.03. The number of carbonyl (C=O) groups is 1. The van der Waals surface area contributed by atoms with Crippen molar-refractivity contribution in [2.75, 3.05) is 6.26 Å². The molecule has 2 atom stereocenters. The molecule has 1 aromatic rings. The van der Waals surface area contributed by atoms with Gasteiger partial charge in [-0.15, -0.1) is 0 Å². The number of benzene rings is 1. The molecular formula is C15H20N2O6S2. The second-order valence-corrected chi connectivity index (χ2v) is 9.41. The Morgan fingerprint density at radius 1 is 1.08 bits per heavy atom. The highest BCUT2D eigenvalue weighted by atomic mass is 32.2. The van der Waals surface area contributed by atoms with Gasteiger partial charge < -0.3 is 10.6 Å². The number of rotatable bonds is 5. The summed E-state index contributed by atoms with van der Waals surface area (Å²) in [6.45, 7) is 4.66. The first kappa shape index (κ1) is 19.4. The van der Waals surface area contributed by atoms with Crippen LogP contribution in [0, 0.1) is 6.92 Å². The van der Waals surface area contributed by atoms with E-state index in [-0.39, 0.29) is 15.5 Å². The van der Waals surface area contributed by atoms with Crippen molar-refractivity contribution in [3.63, 3.8) is 0 Å². The standard InChI is InChI=1S/C15H20N2O6S2/c1-9-5-7-12(8-6-9)25(21,22)14-10(2)16-15(18)17-13(14)11(3)23-24(4,19)20/h5-8,11,13H,1-4H3,(H2,16,17,18). The van der Waals surface area contributed by atoms with Gasteiger partial charge in [0.05, 0.1) is 28.2 Å². The summed E-state index contributed by atoms with van der Waals surface area (Å²) >= 11 is 0. The van der Waals surface area contributed by atoms with E-state index in [2.05, 4.69) is 10.6 Å². The molecule has 0 fully saturated rings. The zero-order valence-electron chi connectivity index (χ0n) is 14.2. The number of urea groups is 1. The summed E-state index contributed by atoms with van der Waals surface area (Å²) in [4.78, 5) is 11.7. The van der Waals surface area contributed by atoms with Crippen molar-refractivity contribution in [1.82, 2.24) is 10.6 Å². The molecule has 2 N–H and O–H groups in total. The number of nitrogens with one attached hydrogen (secondary N) is 2. The van der Waals surface area contributed by atoms with E-state index in [1.165, 1.54) is 26.0 Å². The molecule has 0 spiro atoms. The molecule has 138 valence electrons. The fourth-order valence-electron chi connectivity index (χ4n) is 2.58. The quantitative estimate of drug-likeness (QED) is 0.728. The molecule has 1 aromatic carbocycles. The van der Waals surface area contributed by atoms with Crippen molar-refractivity contribution in [2.24, 2.45) is 0 Å². The normalized spacial score (nSPS) is 20.0. The summed E-state index contributed by atoms with van der Waals surface area (Å²) in [7, 11) is -7.81. The second kappa shape index (κ2) is 6.77. The van der Waals surface area contributed by atoms with Crippen LogP contribution in [0.2, 0.25) is 0 Å². The molecule has 10 heteroatoms. The lowest BCUT2D eigenvalue weighted by Crippen LogP contribution is -2.54. The van der Waals surface area contributed by atoms with Gasteiger partial charge in [0.15, 0.2) is 0 Å². The van der Waals surface area contributed by atoms with Crippen LogP contribution >= 0.6 is 0 Å². The van der Waals surface area contributed by atoms with Crippen LogP contribution in [0.1, 0.15) is 19.4 Å². The number of aryl methyl sites for hydroxylation is 1. The van der Waals surface area contributed by atoms with Crippen LogP contribution in [0.25, 0.3) is 0 Å². The Morgan fingerprint density at radius 3 is 2.16 bits per heavy atom. The van der Waals surface area contributed by atoms with Gasteiger partial charge in [0.2, 0.25) is 9.84 Å². The van der Waals surface area contributed by atoms with E-state index in [1.807, 2.05) is 6.92 Å². The third-order valence-corrected chi connectivity index (χ3v) is 6.34. The summed E-state index contributed by atoms with van der Waals surface area (Å²) < 4.78 is 53.8. The van der Waals surface area contributed by atoms with E-state index >= 15 is 0 Å². The predicted molar refractivity (Wildman–Crippen MR) is 91.9 cm³/mol. The lowest BCUT2D eigenvalue weighted by atomic mass is 10.1. The Morgan fingerprint density at radius 2 is 1.64 bits per heavy atom. The first-order valence-electron chi connectivity index (χ1n) is 7.40. The molecule has 25 heavy (non-hydrogen) atoms. The van der Waals surface area contributed by atoms with Crippen LogP contribution in [-0.2, 0) is 24.1 Å². The van der Waals surface area contributed by atoms with E-state index in [9.17, 15) is 21.6 Å². The third-order valence-electron chi connectivity index (χ3n) is 3.66. The van der Waals surface area contributed by atoms with Crippen molar-refractivity contribution in [2.45, 2.75) is 37.8 Å². The van der Waals surface area contributed by atoms with E-state index in [1.54, 1.807) is 12.1 Å².